The number of hydrogen-bond acceptors (Lipinski definition) is 4. The zero-order valence-electron chi connectivity index (χ0n) is 11.4. The molecule has 2 heterocycles. The van der Waals surface area contributed by atoms with E-state index in [2.05, 4.69) is 37.5 Å². The lowest BCUT2D eigenvalue weighted by Crippen LogP contribution is -2.03. The van der Waals surface area contributed by atoms with E-state index in [1.54, 1.807) is 0 Å². The highest BCUT2D eigenvalue weighted by molar-refractivity contribution is 14.1. The molecule has 0 atom stereocenters. The van der Waals surface area contributed by atoms with Crippen LogP contribution in [-0.4, -0.2) is 15.0 Å². The van der Waals surface area contributed by atoms with Crippen LogP contribution in [0.2, 0.25) is 0 Å². The van der Waals surface area contributed by atoms with Crippen molar-refractivity contribution in [3.63, 3.8) is 0 Å². The molecule has 0 saturated heterocycles. The van der Waals surface area contributed by atoms with Gasteiger partial charge in [-0.3, -0.25) is 0 Å². The summed E-state index contributed by atoms with van der Waals surface area (Å²) < 4.78 is 0.857. The minimum absolute atomic E-state index is 0.475. The molecule has 0 bridgehead atoms. The molecule has 0 unspecified atom stereocenters. The van der Waals surface area contributed by atoms with Crippen molar-refractivity contribution in [3.05, 3.63) is 57.8 Å². The Balaban J connectivity index is 2.19. The monoisotopic (exact) mass is 388 g/mol. The molecule has 0 saturated carbocycles. The number of benzene rings is 1. The van der Waals surface area contributed by atoms with E-state index in [0.717, 1.165) is 26.2 Å². The number of rotatable bonds is 2. The minimum Gasteiger partial charge on any atom is -0.383 e. The fourth-order valence-corrected chi connectivity index (χ4v) is 2.59. The van der Waals surface area contributed by atoms with E-state index in [4.69, 9.17) is 5.73 Å². The zero-order valence-corrected chi connectivity index (χ0v) is 13.6. The summed E-state index contributed by atoms with van der Waals surface area (Å²) in [6, 6.07) is 15.7. The summed E-state index contributed by atoms with van der Waals surface area (Å²) in [5.41, 5.74) is 9.56. The largest absolute Gasteiger partial charge is 0.383 e. The molecule has 2 aromatic heterocycles. The molecule has 5 heteroatoms. The lowest BCUT2D eigenvalue weighted by Gasteiger charge is -2.09. The van der Waals surface area contributed by atoms with Gasteiger partial charge in [-0.1, -0.05) is 36.4 Å². The standard InChI is InChI=1S/C16H13IN4/c1-10-6-5-9-12(19-10)16-20-14(13(17)15(18)21-16)11-7-3-2-4-8-11/h2-9H,1H3,(H2,18,20,21). The Labute approximate surface area is 136 Å². The molecule has 0 amide bonds. The smallest absolute Gasteiger partial charge is 0.180 e. The number of pyridine rings is 1. The van der Waals surface area contributed by atoms with Gasteiger partial charge in [0.05, 0.1) is 9.26 Å². The maximum Gasteiger partial charge on any atom is 0.180 e. The van der Waals surface area contributed by atoms with Crippen molar-refractivity contribution < 1.29 is 0 Å². The van der Waals surface area contributed by atoms with Crippen molar-refractivity contribution in [2.24, 2.45) is 0 Å². The molecule has 0 spiro atoms. The maximum atomic E-state index is 6.05. The van der Waals surface area contributed by atoms with Gasteiger partial charge in [0, 0.05) is 11.3 Å². The number of aryl methyl sites for hydroxylation is 1. The van der Waals surface area contributed by atoms with Crippen LogP contribution in [0, 0.1) is 10.5 Å². The minimum atomic E-state index is 0.475. The molecule has 21 heavy (non-hydrogen) atoms. The van der Waals surface area contributed by atoms with Crippen molar-refractivity contribution in [3.8, 4) is 22.8 Å². The molecule has 2 N–H and O–H groups in total. The topological polar surface area (TPSA) is 64.7 Å². The quantitative estimate of drug-likeness (QED) is 0.680. The highest BCUT2D eigenvalue weighted by Gasteiger charge is 2.13. The van der Waals surface area contributed by atoms with Gasteiger partial charge in [0.1, 0.15) is 11.5 Å². The van der Waals surface area contributed by atoms with E-state index in [-0.39, 0.29) is 0 Å². The number of nitrogen functional groups attached to an aromatic ring is 1. The van der Waals surface area contributed by atoms with Gasteiger partial charge in [-0.25, -0.2) is 15.0 Å². The first kappa shape index (κ1) is 13.9. The van der Waals surface area contributed by atoms with Crippen LogP contribution in [0.25, 0.3) is 22.8 Å². The zero-order chi connectivity index (χ0) is 14.8. The molecule has 1 aromatic carbocycles. The Morgan fingerprint density at radius 1 is 0.905 bits per heavy atom. The first-order chi connectivity index (χ1) is 10.1. The molecule has 0 radical (unpaired) electrons. The van der Waals surface area contributed by atoms with Gasteiger partial charge in [-0.2, -0.15) is 0 Å². The predicted octanol–water partition coefficient (Wildman–Crippen LogP) is 3.70. The van der Waals surface area contributed by atoms with Gasteiger partial charge in [-0.05, 0) is 41.6 Å². The van der Waals surface area contributed by atoms with Gasteiger partial charge in [0.25, 0.3) is 0 Å². The fourth-order valence-electron chi connectivity index (χ4n) is 2.03. The first-order valence-corrected chi connectivity index (χ1v) is 7.55. The molecule has 3 aromatic rings. The molecule has 3 rings (SSSR count). The van der Waals surface area contributed by atoms with Gasteiger partial charge < -0.3 is 5.73 Å². The third kappa shape index (κ3) is 2.87. The Morgan fingerprint density at radius 3 is 2.38 bits per heavy atom. The van der Waals surface area contributed by atoms with E-state index in [1.165, 1.54) is 0 Å². The van der Waals surface area contributed by atoms with Crippen LogP contribution in [0.15, 0.2) is 48.5 Å². The Bertz CT molecular complexity index is 788. The van der Waals surface area contributed by atoms with Crippen LogP contribution in [0.1, 0.15) is 5.69 Å². The summed E-state index contributed by atoms with van der Waals surface area (Å²) in [4.78, 5) is 13.5. The van der Waals surface area contributed by atoms with E-state index in [0.29, 0.717) is 11.6 Å². The van der Waals surface area contributed by atoms with Crippen molar-refractivity contribution in [2.75, 3.05) is 5.73 Å². The van der Waals surface area contributed by atoms with E-state index in [1.807, 2.05) is 55.5 Å². The summed E-state index contributed by atoms with van der Waals surface area (Å²) in [5, 5.41) is 0. The normalized spacial score (nSPS) is 10.6. The van der Waals surface area contributed by atoms with Gasteiger partial charge >= 0.3 is 0 Å². The number of nitrogens with two attached hydrogens (primary N) is 1. The molecular formula is C16H13IN4. The van der Waals surface area contributed by atoms with Crippen LogP contribution in [-0.2, 0) is 0 Å². The van der Waals surface area contributed by atoms with Crippen LogP contribution >= 0.6 is 22.6 Å². The number of aromatic nitrogens is 3. The second-order valence-corrected chi connectivity index (χ2v) is 5.70. The molecule has 4 nitrogen and oxygen atoms in total. The molecule has 0 aliphatic rings. The van der Waals surface area contributed by atoms with Gasteiger partial charge in [0.2, 0.25) is 0 Å². The molecule has 0 fully saturated rings. The van der Waals surface area contributed by atoms with Crippen LogP contribution in [0.5, 0.6) is 0 Å². The Hall–Kier alpha value is -2.02. The van der Waals surface area contributed by atoms with Crippen molar-refractivity contribution in [2.45, 2.75) is 6.92 Å². The number of hydrogen-bond donors (Lipinski definition) is 1. The second kappa shape index (κ2) is 5.77. The fraction of sp³-hybridized carbons (Fsp3) is 0.0625. The predicted molar refractivity (Wildman–Crippen MR) is 92.6 cm³/mol. The van der Waals surface area contributed by atoms with Crippen molar-refractivity contribution in [1.82, 2.24) is 15.0 Å². The highest BCUT2D eigenvalue weighted by atomic mass is 127. The van der Waals surface area contributed by atoms with Gasteiger partial charge in [0.15, 0.2) is 5.82 Å². The third-order valence-electron chi connectivity index (χ3n) is 3.04. The number of anilines is 1. The number of halogens is 1. The highest BCUT2D eigenvalue weighted by Crippen LogP contribution is 2.28. The average Bonchev–Trinajstić information content (AvgIpc) is 2.51. The molecule has 0 aliphatic heterocycles. The average molecular weight is 388 g/mol. The third-order valence-corrected chi connectivity index (χ3v) is 4.11. The summed E-state index contributed by atoms with van der Waals surface area (Å²) in [5.74, 6) is 1.03. The maximum absolute atomic E-state index is 6.05. The van der Waals surface area contributed by atoms with E-state index >= 15 is 0 Å². The summed E-state index contributed by atoms with van der Waals surface area (Å²) >= 11 is 2.18. The Kier molecular flexibility index (Phi) is 3.83. The van der Waals surface area contributed by atoms with Crippen LogP contribution in [0.3, 0.4) is 0 Å². The van der Waals surface area contributed by atoms with E-state index < -0.39 is 0 Å². The lowest BCUT2D eigenvalue weighted by atomic mass is 10.1. The summed E-state index contributed by atoms with van der Waals surface area (Å²) in [7, 11) is 0. The van der Waals surface area contributed by atoms with E-state index in [9.17, 15) is 0 Å². The second-order valence-electron chi connectivity index (χ2n) is 4.63. The van der Waals surface area contributed by atoms with Crippen molar-refractivity contribution in [1.29, 1.82) is 0 Å². The van der Waals surface area contributed by atoms with Crippen LogP contribution < -0.4 is 5.73 Å². The Morgan fingerprint density at radius 2 is 1.67 bits per heavy atom. The number of nitrogens with zero attached hydrogens (tertiary/aromatic N) is 3. The van der Waals surface area contributed by atoms with Gasteiger partial charge in [-0.15, -0.1) is 0 Å². The summed E-state index contributed by atoms with van der Waals surface area (Å²) in [6.45, 7) is 1.94. The first-order valence-electron chi connectivity index (χ1n) is 6.47. The van der Waals surface area contributed by atoms with Crippen LogP contribution in [0.4, 0.5) is 5.82 Å². The SMILES string of the molecule is Cc1cccc(-c2nc(N)c(I)c(-c3ccccc3)n2)n1. The molecular weight excluding hydrogens is 375 g/mol. The molecule has 104 valence electrons. The lowest BCUT2D eigenvalue weighted by molar-refractivity contribution is 1.11. The summed E-state index contributed by atoms with van der Waals surface area (Å²) in [6.07, 6.45) is 0. The van der Waals surface area contributed by atoms with Crippen molar-refractivity contribution >= 4 is 28.4 Å². The molecule has 0 aliphatic carbocycles.